The van der Waals surface area contributed by atoms with Gasteiger partial charge in [-0.1, -0.05) is 68.8 Å². The minimum Gasteiger partial charge on any atom is -0.373 e. The van der Waals surface area contributed by atoms with Gasteiger partial charge in [0.25, 0.3) is 0 Å². The van der Waals surface area contributed by atoms with Crippen molar-refractivity contribution in [1.82, 2.24) is 0 Å². The predicted molar refractivity (Wildman–Crippen MR) is 104 cm³/mol. The molecule has 2 rings (SSSR count). The molecule has 0 radical (unpaired) electrons. The first-order chi connectivity index (χ1) is 11.8. The lowest BCUT2D eigenvalue weighted by Crippen LogP contribution is -2.11. The van der Waals surface area contributed by atoms with Crippen molar-refractivity contribution < 1.29 is 4.74 Å². The first-order valence-corrected chi connectivity index (χ1v) is 9.81. The summed E-state index contributed by atoms with van der Waals surface area (Å²) in [5.74, 6) is 1.57. The summed E-state index contributed by atoms with van der Waals surface area (Å²) in [7, 11) is 0. The van der Waals surface area contributed by atoms with Gasteiger partial charge in [0.15, 0.2) is 0 Å². The Morgan fingerprint density at radius 3 is 2.38 bits per heavy atom. The van der Waals surface area contributed by atoms with Crippen LogP contribution in [-0.2, 0) is 11.3 Å². The van der Waals surface area contributed by atoms with Crippen molar-refractivity contribution in [2.75, 3.05) is 6.61 Å². The second kappa shape index (κ2) is 11.3. The summed E-state index contributed by atoms with van der Waals surface area (Å²) in [4.78, 5) is 0. The minimum atomic E-state index is 0.712. The molecular formula is C23H34O. The molecule has 0 N–H and O–H groups in total. The van der Waals surface area contributed by atoms with E-state index in [4.69, 9.17) is 4.74 Å². The van der Waals surface area contributed by atoms with Crippen molar-refractivity contribution in [1.29, 1.82) is 0 Å². The van der Waals surface area contributed by atoms with Gasteiger partial charge in [-0.25, -0.2) is 0 Å². The Balaban J connectivity index is 1.74. The number of benzene rings is 1. The van der Waals surface area contributed by atoms with Crippen LogP contribution in [0.5, 0.6) is 0 Å². The molecule has 0 aliphatic heterocycles. The summed E-state index contributed by atoms with van der Waals surface area (Å²) in [6.45, 7) is 5.82. The Kier molecular flexibility index (Phi) is 8.91. The number of ether oxygens (including phenoxy) is 1. The molecule has 0 saturated heterocycles. The zero-order valence-corrected chi connectivity index (χ0v) is 15.5. The number of unbranched alkanes of at least 4 members (excludes halogenated alkanes) is 1. The van der Waals surface area contributed by atoms with Crippen LogP contribution in [0.4, 0.5) is 0 Å². The van der Waals surface area contributed by atoms with E-state index in [2.05, 4.69) is 62.4 Å². The molecule has 1 saturated carbocycles. The summed E-state index contributed by atoms with van der Waals surface area (Å²) in [5, 5.41) is 0. The molecule has 1 aliphatic rings. The predicted octanol–water partition coefficient (Wildman–Crippen LogP) is 6.80. The molecule has 132 valence electrons. The van der Waals surface area contributed by atoms with Crippen LogP contribution in [0.3, 0.4) is 0 Å². The lowest BCUT2D eigenvalue weighted by atomic mass is 9.78. The van der Waals surface area contributed by atoms with Crippen molar-refractivity contribution in [3.8, 4) is 0 Å². The fraction of sp³-hybridized carbons (Fsp3) is 0.565. The molecule has 0 atom stereocenters. The van der Waals surface area contributed by atoms with Crippen LogP contribution in [0.2, 0.25) is 0 Å². The lowest BCUT2D eigenvalue weighted by molar-refractivity contribution is 0.148. The maximum atomic E-state index is 5.67. The largest absolute Gasteiger partial charge is 0.373 e. The highest BCUT2D eigenvalue weighted by Crippen LogP contribution is 2.36. The fourth-order valence-corrected chi connectivity index (χ4v) is 3.47. The van der Waals surface area contributed by atoms with E-state index in [0.29, 0.717) is 13.2 Å². The molecule has 0 heterocycles. The van der Waals surface area contributed by atoms with Gasteiger partial charge in [0, 0.05) is 0 Å². The third-order valence-electron chi connectivity index (χ3n) is 4.97. The SMILES string of the molecule is CC/C=C/COCc1ccc([C@H]2CC[C@H](/C=C/CCC)CC2)cc1. The smallest absolute Gasteiger partial charge is 0.0721 e. The number of hydrogen-bond acceptors (Lipinski definition) is 1. The molecule has 0 unspecified atom stereocenters. The highest BCUT2D eigenvalue weighted by Gasteiger charge is 2.20. The second-order valence-corrected chi connectivity index (χ2v) is 6.96. The van der Waals surface area contributed by atoms with Crippen LogP contribution in [0, 0.1) is 5.92 Å². The molecule has 24 heavy (non-hydrogen) atoms. The van der Waals surface area contributed by atoms with E-state index in [1.54, 1.807) is 0 Å². The number of hydrogen-bond donors (Lipinski definition) is 0. The van der Waals surface area contributed by atoms with Crippen molar-refractivity contribution in [2.24, 2.45) is 5.92 Å². The molecule has 0 spiro atoms. The van der Waals surface area contributed by atoms with Gasteiger partial charge < -0.3 is 4.74 Å². The third-order valence-corrected chi connectivity index (χ3v) is 4.97. The monoisotopic (exact) mass is 326 g/mol. The lowest BCUT2D eigenvalue weighted by Gasteiger charge is -2.27. The molecule has 1 aromatic carbocycles. The van der Waals surface area contributed by atoms with Crippen LogP contribution < -0.4 is 0 Å². The zero-order chi connectivity index (χ0) is 17.0. The molecule has 0 aromatic heterocycles. The standard InChI is InChI=1S/C23H34O/c1-3-5-7-9-20-10-14-22(15-11-20)23-16-12-21(13-17-23)19-24-18-8-6-4-2/h6-9,12-13,16-17,20,22H,3-5,10-11,14-15,18-19H2,1-2H3/b8-6+,9-7+/t20-,22-. The molecule has 1 heteroatoms. The molecule has 1 nitrogen and oxygen atoms in total. The average molecular weight is 327 g/mol. The van der Waals surface area contributed by atoms with Gasteiger partial charge in [0.2, 0.25) is 0 Å². The summed E-state index contributed by atoms with van der Waals surface area (Å²) in [5.41, 5.74) is 2.79. The van der Waals surface area contributed by atoms with Gasteiger partial charge in [-0.2, -0.15) is 0 Å². The van der Waals surface area contributed by atoms with Gasteiger partial charge in [-0.3, -0.25) is 0 Å². The summed E-state index contributed by atoms with van der Waals surface area (Å²) < 4.78 is 5.67. The molecule has 1 aromatic rings. The van der Waals surface area contributed by atoms with Gasteiger partial charge in [0.05, 0.1) is 13.2 Å². The quantitative estimate of drug-likeness (QED) is 0.358. The van der Waals surface area contributed by atoms with E-state index in [9.17, 15) is 0 Å². The van der Waals surface area contributed by atoms with Gasteiger partial charge in [0.1, 0.15) is 0 Å². The normalized spacial score (nSPS) is 21.8. The maximum Gasteiger partial charge on any atom is 0.0721 e. The topological polar surface area (TPSA) is 9.23 Å². The van der Waals surface area contributed by atoms with E-state index >= 15 is 0 Å². The number of allylic oxidation sites excluding steroid dienone is 3. The minimum absolute atomic E-state index is 0.712. The Labute approximate surface area is 148 Å². The van der Waals surface area contributed by atoms with Crippen LogP contribution in [0.25, 0.3) is 0 Å². The maximum absolute atomic E-state index is 5.67. The molecule has 0 amide bonds. The van der Waals surface area contributed by atoms with E-state index in [1.165, 1.54) is 49.7 Å². The van der Waals surface area contributed by atoms with Crippen molar-refractivity contribution in [3.05, 3.63) is 59.7 Å². The highest BCUT2D eigenvalue weighted by molar-refractivity contribution is 5.25. The van der Waals surface area contributed by atoms with E-state index in [0.717, 1.165) is 18.3 Å². The van der Waals surface area contributed by atoms with E-state index < -0.39 is 0 Å². The Morgan fingerprint density at radius 2 is 1.71 bits per heavy atom. The van der Waals surface area contributed by atoms with Crippen LogP contribution in [0.1, 0.15) is 75.8 Å². The zero-order valence-electron chi connectivity index (χ0n) is 15.5. The van der Waals surface area contributed by atoms with Gasteiger partial charge >= 0.3 is 0 Å². The highest BCUT2D eigenvalue weighted by atomic mass is 16.5. The molecule has 1 aliphatic carbocycles. The van der Waals surface area contributed by atoms with Crippen molar-refractivity contribution >= 4 is 0 Å². The van der Waals surface area contributed by atoms with Crippen LogP contribution >= 0.6 is 0 Å². The molecular weight excluding hydrogens is 292 g/mol. The second-order valence-electron chi connectivity index (χ2n) is 6.96. The van der Waals surface area contributed by atoms with Crippen molar-refractivity contribution in [3.63, 3.8) is 0 Å². The van der Waals surface area contributed by atoms with Gasteiger partial charge in [-0.15, -0.1) is 0 Å². The van der Waals surface area contributed by atoms with Gasteiger partial charge in [-0.05, 0) is 61.5 Å². The molecule has 1 fully saturated rings. The van der Waals surface area contributed by atoms with Crippen LogP contribution in [0.15, 0.2) is 48.6 Å². The summed E-state index contributed by atoms with van der Waals surface area (Å²) in [6, 6.07) is 9.12. The van der Waals surface area contributed by atoms with E-state index in [-0.39, 0.29) is 0 Å². The van der Waals surface area contributed by atoms with Crippen molar-refractivity contribution in [2.45, 2.75) is 71.3 Å². The number of rotatable bonds is 9. The van der Waals surface area contributed by atoms with E-state index in [1.807, 2.05) is 0 Å². The first kappa shape index (κ1) is 19.0. The fourth-order valence-electron chi connectivity index (χ4n) is 3.47. The third kappa shape index (κ3) is 6.65. The average Bonchev–Trinajstić information content (AvgIpc) is 2.63. The Hall–Kier alpha value is -1.34. The Bertz CT molecular complexity index is 489. The summed E-state index contributed by atoms with van der Waals surface area (Å²) >= 11 is 0. The first-order valence-electron chi connectivity index (χ1n) is 9.81. The Morgan fingerprint density at radius 1 is 0.958 bits per heavy atom. The summed E-state index contributed by atoms with van der Waals surface area (Å²) in [6.07, 6.45) is 18.0. The van der Waals surface area contributed by atoms with Crippen LogP contribution in [-0.4, -0.2) is 6.61 Å². The molecule has 0 bridgehead atoms.